The topological polar surface area (TPSA) is 26.2 Å². The van der Waals surface area contributed by atoms with Gasteiger partial charge < -0.3 is 14.6 Å². The minimum Gasteiger partial charge on any atom is -0.380 e. The Labute approximate surface area is 114 Å². The standard InChI is InChI=1S/C16H22N2O/c1-12(19-2)10-18-11-13(9-17-14-7-8-14)15-5-3-4-6-16(15)18/h3-6,11-12,14,17H,7-10H2,1-2H3. The van der Waals surface area contributed by atoms with Crippen LogP contribution in [0.1, 0.15) is 25.3 Å². The molecule has 1 aromatic heterocycles. The zero-order chi connectivity index (χ0) is 13.2. The Balaban J connectivity index is 1.87. The molecule has 1 unspecified atom stereocenters. The van der Waals surface area contributed by atoms with Gasteiger partial charge in [0, 0.05) is 43.3 Å². The minimum absolute atomic E-state index is 0.236. The van der Waals surface area contributed by atoms with Gasteiger partial charge in [0.2, 0.25) is 0 Å². The number of nitrogens with one attached hydrogen (secondary N) is 1. The summed E-state index contributed by atoms with van der Waals surface area (Å²) in [7, 11) is 1.77. The van der Waals surface area contributed by atoms with Crippen molar-refractivity contribution in [3.05, 3.63) is 36.0 Å². The van der Waals surface area contributed by atoms with Crippen LogP contribution in [-0.4, -0.2) is 23.8 Å². The van der Waals surface area contributed by atoms with E-state index in [0.29, 0.717) is 0 Å². The Bertz CT molecular complexity index is 557. The lowest BCUT2D eigenvalue weighted by Gasteiger charge is -2.11. The van der Waals surface area contributed by atoms with Gasteiger partial charge in [-0.25, -0.2) is 0 Å². The summed E-state index contributed by atoms with van der Waals surface area (Å²) in [6.07, 6.45) is 5.17. The Morgan fingerprint density at radius 3 is 2.89 bits per heavy atom. The fourth-order valence-electron chi connectivity index (χ4n) is 2.51. The molecular formula is C16H22N2O. The van der Waals surface area contributed by atoms with Crippen LogP contribution in [0.2, 0.25) is 0 Å². The van der Waals surface area contributed by atoms with E-state index in [4.69, 9.17) is 4.74 Å². The molecule has 1 aromatic carbocycles. The maximum absolute atomic E-state index is 5.38. The van der Waals surface area contributed by atoms with Crippen molar-refractivity contribution in [3.63, 3.8) is 0 Å². The lowest BCUT2D eigenvalue weighted by Crippen LogP contribution is -2.15. The van der Waals surface area contributed by atoms with Crippen molar-refractivity contribution in [1.29, 1.82) is 0 Å². The third-order valence-corrected chi connectivity index (χ3v) is 3.89. The molecule has 0 bridgehead atoms. The molecule has 1 N–H and O–H groups in total. The number of nitrogens with zero attached hydrogens (tertiary/aromatic N) is 1. The lowest BCUT2D eigenvalue weighted by atomic mass is 10.2. The Hall–Kier alpha value is -1.32. The molecule has 19 heavy (non-hydrogen) atoms. The number of ether oxygens (including phenoxy) is 1. The van der Waals surface area contributed by atoms with E-state index in [1.165, 1.54) is 29.3 Å². The maximum Gasteiger partial charge on any atom is 0.0722 e. The molecular weight excluding hydrogens is 236 g/mol. The van der Waals surface area contributed by atoms with Gasteiger partial charge in [0.1, 0.15) is 0 Å². The Morgan fingerprint density at radius 1 is 1.37 bits per heavy atom. The van der Waals surface area contributed by atoms with Crippen molar-refractivity contribution in [1.82, 2.24) is 9.88 Å². The summed E-state index contributed by atoms with van der Waals surface area (Å²) in [5.74, 6) is 0. The highest BCUT2D eigenvalue weighted by Gasteiger charge is 2.20. The van der Waals surface area contributed by atoms with E-state index >= 15 is 0 Å². The van der Waals surface area contributed by atoms with Gasteiger partial charge in [0.05, 0.1) is 6.10 Å². The molecule has 1 atom stereocenters. The van der Waals surface area contributed by atoms with Gasteiger partial charge in [0.15, 0.2) is 0 Å². The Kier molecular flexibility index (Phi) is 3.58. The predicted octanol–water partition coefficient (Wildman–Crippen LogP) is 2.93. The zero-order valence-electron chi connectivity index (χ0n) is 11.7. The van der Waals surface area contributed by atoms with E-state index in [2.05, 4.69) is 47.3 Å². The van der Waals surface area contributed by atoms with Crippen LogP contribution < -0.4 is 5.32 Å². The van der Waals surface area contributed by atoms with Gasteiger partial charge in [-0.2, -0.15) is 0 Å². The molecule has 102 valence electrons. The van der Waals surface area contributed by atoms with Gasteiger partial charge in [-0.3, -0.25) is 0 Å². The van der Waals surface area contributed by atoms with Crippen LogP contribution in [0.5, 0.6) is 0 Å². The van der Waals surface area contributed by atoms with Gasteiger partial charge in [-0.1, -0.05) is 18.2 Å². The average Bonchev–Trinajstić information content (AvgIpc) is 3.20. The molecule has 0 amide bonds. The number of aromatic nitrogens is 1. The second-order valence-electron chi connectivity index (χ2n) is 5.53. The van der Waals surface area contributed by atoms with Crippen LogP contribution in [0.4, 0.5) is 0 Å². The molecule has 1 aliphatic rings. The minimum atomic E-state index is 0.236. The van der Waals surface area contributed by atoms with Crippen LogP contribution in [0, 0.1) is 0 Å². The predicted molar refractivity (Wildman–Crippen MR) is 78.3 cm³/mol. The summed E-state index contributed by atoms with van der Waals surface area (Å²) in [5.41, 5.74) is 2.70. The van der Waals surface area contributed by atoms with Crippen LogP contribution in [0.25, 0.3) is 10.9 Å². The Morgan fingerprint density at radius 2 is 2.16 bits per heavy atom. The van der Waals surface area contributed by atoms with Gasteiger partial charge in [-0.05, 0) is 31.4 Å². The van der Waals surface area contributed by atoms with Gasteiger partial charge >= 0.3 is 0 Å². The third-order valence-electron chi connectivity index (χ3n) is 3.89. The SMILES string of the molecule is COC(C)Cn1cc(CNC2CC2)c2ccccc21. The summed E-state index contributed by atoms with van der Waals surface area (Å²) in [6, 6.07) is 9.38. The molecule has 0 saturated heterocycles. The monoisotopic (exact) mass is 258 g/mol. The van der Waals surface area contributed by atoms with Crippen molar-refractivity contribution in [2.45, 2.75) is 45.0 Å². The molecule has 0 spiro atoms. The van der Waals surface area contributed by atoms with Crippen molar-refractivity contribution in [3.8, 4) is 0 Å². The molecule has 1 heterocycles. The first-order chi connectivity index (χ1) is 9.28. The number of hydrogen-bond donors (Lipinski definition) is 1. The summed E-state index contributed by atoms with van der Waals surface area (Å²) in [6.45, 7) is 3.98. The molecule has 1 fully saturated rings. The normalized spacial score (nSPS) is 16.9. The second-order valence-corrected chi connectivity index (χ2v) is 5.53. The van der Waals surface area contributed by atoms with Crippen molar-refractivity contribution < 1.29 is 4.74 Å². The molecule has 0 radical (unpaired) electrons. The van der Waals surface area contributed by atoms with Gasteiger partial charge in [0.25, 0.3) is 0 Å². The summed E-state index contributed by atoms with van der Waals surface area (Å²) in [4.78, 5) is 0. The first kappa shape index (κ1) is 12.7. The highest BCUT2D eigenvalue weighted by Crippen LogP contribution is 2.24. The smallest absolute Gasteiger partial charge is 0.0722 e. The van der Waals surface area contributed by atoms with E-state index in [-0.39, 0.29) is 6.10 Å². The summed E-state index contributed by atoms with van der Waals surface area (Å²) >= 11 is 0. The third kappa shape index (κ3) is 2.82. The fraction of sp³-hybridized carbons (Fsp3) is 0.500. The molecule has 3 heteroatoms. The number of para-hydroxylation sites is 1. The summed E-state index contributed by atoms with van der Waals surface area (Å²) in [5, 5.41) is 4.96. The number of benzene rings is 1. The van der Waals surface area contributed by atoms with Crippen LogP contribution in [0.15, 0.2) is 30.5 Å². The number of fused-ring (bicyclic) bond motifs is 1. The molecule has 3 nitrogen and oxygen atoms in total. The maximum atomic E-state index is 5.38. The number of methoxy groups -OCH3 is 1. The molecule has 0 aliphatic heterocycles. The van der Waals surface area contributed by atoms with Crippen LogP contribution >= 0.6 is 0 Å². The average molecular weight is 258 g/mol. The van der Waals surface area contributed by atoms with E-state index in [1.54, 1.807) is 7.11 Å². The van der Waals surface area contributed by atoms with Gasteiger partial charge in [-0.15, -0.1) is 0 Å². The van der Waals surface area contributed by atoms with Crippen molar-refractivity contribution >= 4 is 10.9 Å². The van der Waals surface area contributed by atoms with E-state index in [0.717, 1.165) is 19.1 Å². The number of hydrogen-bond acceptors (Lipinski definition) is 2. The summed E-state index contributed by atoms with van der Waals surface area (Å²) < 4.78 is 7.70. The van der Waals surface area contributed by atoms with E-state index in [1.807, 2.05) is 0 Å². The van der Waals surface area contributed by atoms with Crippen LogP contribution in [-0.2, 0) is 17.8 Å². The van der Waals surface area contributed by atoms with Crippen LogP contribution in [0.3, 0.4) is 0 Å². The molecule has 1 aliphatic carbocycles. The first-order valence-corrected chi connectivity index (χ1v) is 7.11. The largest absolute Gasteiger partial charge is 0.380 e. The van der Waals surface area contributed by atoms with Crippen molar-refractivity contribution in [2.75, 3.05) is 7.11 Å². The quantitative estimate of drug-likeness (QED) is 0.862. The number of rotatable bonds is 6. The van der Waals surface area contributed by atoms with E-state index in [9.17, 15) is 0 Å². The molecule has 1 saturated carbocycles. The second kappa shape index (κ2) is 5.35. The first-order valence-electron chi connectivity index (χ1n) is 7.11. The lowest BCUT2D eigenvalue weighted by molar-refractivity contribution is 0.104. The molecule has 3 rings (SSSR count). The fourth-order valence-corrected chi connectivity index (χ4v) is 2.51. The zero-order valence-corrected chi connectivity index (χ0v) is 11.7. The van der Waals surface area contributed by atoms with E-state index < -0.39 is 0 Å². The van der Waals surface area contributed by atoms with Crippen molar-refractivity contribution in [2.24, 2.45) is 0 Å². The highest BCUT2D eigenvalue weighted by molar-refractivity contribution is 5.83. The highest BCUT2D eigenvalue weighted by atomic mass is 16.5. The molecule has 2 aromatic rings.